The first-order valence-corrected chi connectivity index (χ1v) is 7.74. The Hall–Kier alpha value is -0.960. The largest absolute Gasteiger partial charge is 0.319 e. The highest BCUT2D eigenvalue weighted by Gasteiger charge is 2.31. The molecule has 1 saturated carbocycles. The second kappa shape index (κ2) is 7.16. The van der Waals surface area contributed by atoms with E-state index in [9.17, 15) is 8.78 Å². The third-order valence-corrected chi connectivity index (χ3v) is 4.58. The number of halogens is 2. The lowest BCUT2D eigenvalue weighted by atomic mass is 9.70. The Morgan fingerprint density at radius 1 is 1.15 bits per heavy atom. The van der Waals surface area contributed by atoms with Crippen molar-refractivity contribution < 1.29 is 8.78 Å². The normalized spacial score (nSPS) is 26.7. The molecule has 1 nitrogen and oxygen atoms in total. The summed E-state index contributed by atoms with van der Waals surface area (Å²) in [4.78, 5) is 0. The molecule has 0 radical (unpaired) electrons. The van der Waals surface area contributed by atoms with E-state index in [1.54, 1.807) is 0 Å². The lowest BCUT2D eigenvalue weighted by Gasteiger charge is -2.36. The van der Waals surface area contributed by atoms with Gasteiger partial charge >= 0.3 is 0 Å². The number of benzene rings is 1. The minimum atomic E-state index is -0.458. The van der Waals surface area contributed by atoms with Crippen LogP contribution in [0.2, 0.25) is 0 Å². The van der Waals surface area contributed by atoms with Crippen LogP contribution in [0.4, 0.5) is 8.78 Å². The Labute approximate surface area is 120 Å². The summed E-state index contributed by atoms with van der Waals surface area (Å²) in [5, 5.41) is 3.23. The van der Waals surface area contributed by atoms with Gasteiger partial charge in [-0.25, -0.2) is 8.78 Å². The molecular weight excluding hydrogens is 256 g/mol. The summed E-state index contributed by atoms with van der Waals surface area (Å²) >= 11 is 0. The van der Waals surface area contributed by atoms with Gasteiger partial charge in [-0.3, -0.25) is 0 Å². The van der Waals surface area contributed by atoms with Crippen molar-refractivity contribution in [3.05, 3.63) is 35.4 Å². The van der Waals surface area contributed by atoms with Gasteiger partial charge in [0.2, 0.25) is 0 Å². The minimum Gasteiger partial charge on any atom is -0.319 e. The van der Waals surface area contributed by atoms with Crippen LogP contribution in [0.15, 0.2) is 18.2 Å². The maximum Gasteiger partial charge on any atom is 0.126 e. The van der Waals surface area contributed by atoms with Crippen molar-refractivity contribution in [3.63, 3.8) is 0 Å². The molecule has 0 bridgehead atoms. The van der Waals surface area contributed by atoms with Gasteiger partial charge in [0, 0.05) is 6.07 Å². The van der Waals surface area contributed by atoms with Crippen LogP contribution in [0.1, 0.15) is 50.5 Å². The molecule has 0 aromatic heterocycles. The molecule has 1 aliphatic carbocycles. The van der Waals surface area contributed by atoms with Gasteiger partial charge < -0.3 is 5.32 Å². The lowest BCUT2D eigenvalue weighted by Crippen LogP contribution is -2.30. The molecule has 2 rings (SSSR count). The van der Waals surface area contributed by atoms with E-state index in [2.05, 4.69) is 12.2 Å². The maximum atomic E-state index is 13.5. The molecule has 1 N–H and O–H groups in total. The molecule has 0 spiro atoms. The van der Waals surface area contributed by atoms with Gasteiger partial charge in [-0.2, -0.15) is 0 Å². The van der Waals surface area contributed by atoms with E-state index in [0.29, 0.717) is 11.8 Å². The van der Waals surface area contributed by atoms with Crippen molar-refractivity contribution in [1.82, 2.24) is 5.32 Å². The third-order valence-electron chi connectivity index (χ3n) is 4.58. The Morgan fingerprint density at radius 3 is 2.45 bits per heavy atom. The fourth-order valence-corrected chi connectivity index (χ4v) is 3.69. The number of nitrogens with one attached hydrogen (secondary N) is 1. The summed E-state index contributed by atoms with van der Waals surface area (Å²) < 4.78 is 27.0. The van der Waals surface area contributed by atoms with Crippen molar-refractivity contribution in [2.75, 3.05) is 13.6 Å². The molecule has 1 aliphatic rings. The molecule has 0 aliphatic heterocycles. The van der Waals surface area contributed by atoms with Crippen molar-refractivity contribution in [3.8, 4) is 0 Å². The predicted octanol–water partition coefficient (Wildman–Crippen LogP) is 4.48. The molecule has 1 aromatic rings. The molecule has 1 fully saturated rings. The molecule has 0 heterocycles. The first-order chi connectivity index (χ1) is 9.63. The summed E-state index contributed by atoms with van der Waals surface area (Å²) in [6.07, 6.45) is 5.86. The minimum absolute atomic E-state index is 0.276. The van der Waals surface area contributed by atoms with Crippen molar-refractivity contribution >= 4 is 0 Å². The van der Waals surface area contributed by atoms with E-state index in [1.165, 1.54) is 31.4 Å². The predicted molar refractivity (Wildman–Crippen MR) is 78.8 cm³/mol. The summed E-state index contributed by atoms with van der Waals surface area (Å²) in [6.45, 7) is 3.12. The smallest absolute Gasteiger partial charge is 0.126 e. The Morgan fingerprint density at radius 2 is 1.85 bits per heavy atom. The number of rotatable bonds is 5. The molecule has 3 heteroatoms. The van der Waals surface area contributed by atoms with E-state index in [1.807, 2.05) is 7.05 Å². The third kappa shape index (κ3) is 3.78. The highest BCUT2D eigenvalue weighted by Crippen LogP contribution is 2.42. The summed E-state index contributed by atoms with van der Waals surface area (Å²) in [7, 11) is 1.95. The summed E-state index contributed by atoms with van der Waals surface area (Å²) in [5.41, 5.74) is 0.837. The SMILES string of the molecule is CCCC1CCC(CNC)C(c2cc(F)cc(F)c2)C1. The summed E-state index contributed by atoms with van der Waals surface area (Å²) in [6, 6.07) is 4.00. The first kappa shape index (κ1) is 15.4. The summed E-state index contributed by atoms with van der Waals surface area (Å²) in [5.74, 6) is 0.540. The van der Waals surface area contributed by atoms with Gasteiger partial charge in [0.15, 0.2) is 0 Å². The first-order valence-electron chi connectivity index (χ1n) is 7.74. The van der Waals surface area contributed by atoms with Crippen LogP contribution in [0.3, 0.4) is 0 Å². The monoisotopic (exact) mass is 281 g/mol. The van der Waals surface area contributed by atoms with Crippen LogP contribution >= 0.6 is 0 Å². The molecule has 112 valence electrons. The van der Waals surface area contributed by atoms with Gasteiger partial charge in [0.25, 0.3) is 0 Å². The fraction of sp³-hybridized carbons (Fsp3) is 0.647. The lowest BCUT2D eigenvalue weighted by molar-refractivity contribution is 0.222. The Balaban J connectivity index is 2.21. The average molecular weight is 281 g/mol. The highest BCUT2D eigenvalue weighted by atomic mass is 19.1. The van der Waals surface area contributed by atoms with Crippen LogP contribution in [-0.4, -0.2) is 13.6 Å². The van der Waals surface area contributed by atoms with Crippen molar-refractivity contribution in [2.24, 2.45) is 11.8 Å². The van der Waals surface area contributed by atoms with Gasteiger partial charge in [0.05, 0.1) is 0 Å². The van der Waals surface area contributed by atoms with E-state index in [0.717, 1.165) is 31.0 Å². The second-order valence-electron chi connectivity index (χ2n) is 6.09. The van der Waals surface area contributed by atoms with Crippen LogP contribution in [0, 0.1) is 23.5 Å². The highest BCUT2D eigenvalue weighted by molar-refractivity contribution is 5.23. The van der Waals surface area contributed by atoms with Crippen LogP contribution in [-0.2, 0) is 0 Å². The maximum absolute atomic E-state index is 13.5. The quantitative estimate of drug-likeness (QED) is 0.839. The van der Waals surface area contributed by atoms with Crippen molar-refractivity contribution in [1.29, 1.82) is 0 Å². The molecule has 3 atom stereocenters. The van der Waals surface area contributed by atoms with Crippen LogP contribution < -0.4 is 5.32 Å². The van der Waals surface area contributed by atoms with Crippen LogP contribution in [0.25, 0.3) is 0 Å². The molecule has 20 heavy (non-hydrogen) atoms. The number of hydrogen-bond donors (Lipinski definition) is 1. The average Bonchev–Trinajstić information content (AvgIpc) is 2.40. The van der Waals surface area contributed by atoms with E-state index >= 15 is 0 Å². The molecule has 0 amide bonds. The number of hydrogen-bond acceptors (Lipinski definition) is 1. The van der Waals surface area contributed by atoms with Crippen molar-refractivity contribution in [2.45, 2.75) is 44.9 Å². The van der Waals surface area contributed by atoms with Gasteiger partial charge in [-0.15, -0.1) is 0 Å². The van der Waals surface area contributed by atoms with E-state index < -0.39 is 11.6 Å². The van der Waals surface area contributed by atoms with E-state index in [4.69, 9.17) is 0 Å². The molecular formula is C17H25F2N. The topological polar surface area (TPSA) is 12.0 Å². The molecule has 3 unspecified atom stereocenters. The van der Waals surface area contributed by atoms with Gasteiger partial charge in [-0.05, 0) is 61.9 Å². The van der Waals surface area contributed by atoms with Gasteiger partial charge in [0.1, 0.15) is 11.6 Å². The molecule has 0 saturated heterocycles. The zero-order valence-corrected chi connectivity index (χ0v) is 12.5. The molecule has 1 aromatic carbocycles. The zero-order valence-electron chi connectivity index (χ0n) is 12.5. The van der Waals surface area contributed by atoms with Crippen LogP contribution in [0.5, 0.6) is 0 Å². The van der Waals surface area contributed by atoms with Gasteiger partial charge in [-0.1, -0.05) is 26.2 Å². The standard InChI is InChI=1S/C17H25F2N/c1-3-4-12-5-6-13(11-20-2)17(7-12)14-8-15(18)10-16(19)9-14/h8-10,12-13,17,20H,3-7,11H2,1-2H3. The Kier molecular flexibility index (Phi) is 5.53. The Bertz CT molecular complexity index is 413. The zero-order chi connectivity index (χ0) is 14.5. The fourth-order valence-electron chi connectivity index (χ4n) is 3.69. The van der Waals surface area contributed by atoms with E-state index in [-0.39, 0.29) is 5.92 Å². The second-order valence-corrected chi connectivity index (χ2v) is 6.09.